The highest BCUT2D eigenvalue weighted by atomic mass is 127. The Kier molecular flexibility index (Phi) is 9.83. The fraction of sp³-hybridized carbons (Fsp3) is 0.619. The average molecular weight is 516 g/mol. The number of amides is 1. The van der Waals surface area contributed by atoms with Crippen LogP contribution < -0.4 is 15.4 Å². The number of carbonyl (C=O) groups excluding carboxylic acids is 1. The molecule has 2 N–H and O–H groups in total. The Hall–Kier alpha value is -1.71. The number of benzene rings is 1. The van der Waals surface area contributed by atoms with Gasteiger partial charge in [-0.1, -0.05) is 18.2 Å². The SMILES string of the molecule is CCNC(=NCc1ccccc1OCC1CC1)NC1CCN(C(=O)OC)CC1.I. The summed E-state index contributed by atoms with van der Waals surface area (Å²) in [5.41, 5.74) is 1.10. The summed E-state index contributed by atoms with van der Waals surface area (Å²) >= 11 is 0. The summed E-state index contributed by atoms with van der Waals surface area (Å²) in [6.07, 6.45) is 4.07. The van der Waals surface area contributed by atoms with Gasteiger partial charge >= 0.3 is 6.09 Å². The second kappa shape index (κ2) is 12.1. The molecule has 7 nitrogen and oxygen atoms in total. The fourth-order valence-electron chi connectivity index (χ4n) is 3.28. The molecule has 3 rings (SSSR count). The number of hydrogen-bond donors (Lipinski definition) is 2. The molecule has 162 valence electrons. The molecule has 1 aliphatic carbocycles. The zero-order chi connectivity index (χ0) is 19.8. The molecule has 1 aromatic rings. The van der Waals surface area contributed by atoms with Crippen molar-refractivity contribution in [1.82, 2.24) is 15.5 Å². The third-order valence-corrected chi connectivity index (χ3v) is 5.16. The van der Waals surface area contributed by atoms with Crippen LogP contribution in [0, 0.1) is 5.92 Å². The molecule has 0 unspecified atom stereocenters. The normalized spacial score (nSPS) is 17.3. The molecule has 0 radical (unpaired) electrons. The lowest BCUT2D eigenvalue weighted by atomic mass is 10.1. The van der Waals surface area contributed by atoms with Crippen molar-refractivity contribution in [3.05, 3.63) is 29.8 Å². The van der Waals surface area contributed by atoms with Gasteiger partial charge in [0.05, 0.1) is 20.3 Å². The van der Waals surface area contributed by atoms with Gasteiger partial charge in [-0.3, -0.25) is 0 Å². The van der Waals surface area contributed by atoms with Crippen molar-refractivity contribution >= 4 is 36.0 Å². The van der Waals surface area contributed by atoms with Gasteiger partial charge in [-0.2, -0.15) is 0 Å². The summed E-state index contributed by atoms with van der Waals surface area (Å²) in [6, 6.07) is 8.42. The third kappa shape index (κ3) is 7.56. The second-order valence-electron chi connectivity index (χ2n) is 7.43. The Morgan fingerprint density at radius 1 is 1.21 bits per heavy atom. The van der Waals surface area contributed by atoms with Gasteiger partial charge in [0.1, 0.15) is 5.75 Å². The topological polar surface area (TPSA) is 75.2 Å². The van der Waals surface area contributed by atoms with Crippen LogP contribution in [-0.2, 0) is 11.3 Å². The van der Waals surface area contributed by atoms with Crippen LogP contribution >= 0.6 is 24.0 Å². The zero-order valence-corrected chi connectivity index (χ0v) is 19.7. The van der Waals surface area contributed by atoms with E-state index in [4.69, 9.17) is 14.5 Å². The Balaban J connectivity index is 0.00000300. The van der Waals surface area contributed by atoms with E-state index in [-0.39, 0.29) is 30.1 Å². The molecule has 1 heterocycles. The monoisotopic (exact) mass is 516 g/mol. The molecule has 1 aliphatic heterocycles. The number of likely N-dealkylation sites (tertiary alicyclic amines) is 1. The Morgan fingerprint density at radius 2 is 1.93 bits per heavy atom. The molecule has 1 saturated heterocycles. The van der Waals surface area contributed by atoms with Crippen LogP contribution in [0.15, 0.2) is 29.3 Å². The van der Waals surface area contributed by atoms with Gasteiger partial charge in [-0.25, -0.2) is 9.79 Å². The van der Waals surface area contributed by atoms with Gasteiger partial charge in [-0.15, -0.1) is 24.0 Å². The van der Waals surface area contributed by atoms with E-state index < -0.39 is 0 Å². The number of nitrogens with one attached hydrogen (secondary N) is 2. The summed E-state index contributed by atoms with van der Waals surface area (Å²) in [5.74, 6) is 2.46. The number of piperidine rings is 1. The number of hydrogen-bond acceptors (Lipinski definition) is 4. The van der Waals surface area contributed by atoms with Crippen LogP contribution in [0.3, 0.4) is 0 Å². The van der Waals surface area contributed by atoms with Crippen molar-refractivity contribution in [2.24, 2.45) is 10.9 Å². The zero-order valence-electron chi connectivity index (χ0n) is 17.4. The van der Waals surface area contributed by atoms with Crippen molar-refractivity contribution < 1.29 is 14.3 Å². The summed E-state index contributed by atoms with van der Waals surface area (Å²) in [6.45, 7) is 5.62. The first-order chi connectivity index (χ1) is 13.7. The predicted molar refractivity (Wildman–Crippen MR) is 125 cm³/mol. The van der Waals surface area contributed by atoms with Gasteiger partial charge in [0.2, 0.25) is 0 Å². The van der Waals surface area contributed by atoms with Crippen LogP contribution in [0.25, 0.3) is 0 Å². The molecule has 1 aromatic carbocycles. The molecular formula is C21H33IN4O3. The highest BCUT2D eigenvalue weighted by Gasteiger charge is 2.24. The minimum absolute atomic E-state index is 0. The number of ether oxygens (including phenoxy) is 2. The van der Waals surface area contributed by atoms with Gasteiger partial charge in [0, 0.05) is 31.2 Å². The fourth-order valence-corrected chi connectivity index (χ4v) is 3.28. The number of carbonyl (C=O) groups is 1. The standard InChI is InChI=1S/C21H32N4O3.HI/c1-3-22-20(24-18-10-12-25(13-11-18)21(26)27-2)23-14-17-6-4-5-7-19(17)28-15-16-8-9-16;/h4-7,16,18H,3,8-15H2,1-2H3,(H2,22,23,24);1H. The van der Waals surface area contributed by atoms with E-state index in [1.807, 2.05) is 18.2 Å². The summed E-state index contributed by atoms with van der Waals surface area (Å²) in [5, 5.41) is 6.82. The Bertz CT molecular complexity index is 674. The minimum atomic E-state index is -0.248. The molecular weight excluding hydrogens is 483 g/mol. The summed E-state index contributed by atoms with van der Waals surface area (Å²) in [4.78, 5) is 18.1. The number of aliphatic imine (C=N–C) groups is 1. The lowest BCUT2D eigenvalue weighted by Gasteiger charge is -2.32. The van der Waals surface area contributed by atoms with E-state index in [1.165, 1.54) is 20.0 Å². The van der Waals surface area contributed by atoms with E-state index in [2.05, 4.69) is 23.6 Å². The largest absolute Gasteiger partial charge is 0.493 e. The van der Waals surface area contributed by atoms with Gasteiger partial charge in [0.25, 0.3) is 0 Å². The number of para-hydroxylation sites is 1. The molecule has 0 bridgehead atoms. The summed E-state index contributed by atoms with van der Waals surface area (Å²) < 4.78 is 10.8. The van der Waals surface area contributed by atoms with E-state index in [0.29, 0.717) is 25.7 Å². The van der Waals surface area contributed by atoms with Crippen LogP contribution in [0.2, 0.25) is 0 Å². The van der Waals surface area contributed by atoms with Crippen LogP contribution in [0.1, 0.15) is 38.2 Å². The maximum atomic E-state index is 11.6. The van der Waals surface area contributed by atoms with Crippen LogP contribution in [0.4, 0.5) is 4.79 Å². The van der Waals surface area contributed by atoms with Crippen molar-refractivity contribution in [2.75, 3.05) is 33.4 Å². The van der Waals surface area contributed by atoms with Crippen molar-refractivity contribution in [3.63, 3.8) is 0 Å². The van der Waals surface area contributed by atoms with Crippen molar-refractivity contribution in [3.8, 4) is 5.75 Å². The van der Waals surface area contributed by atoms with E-state index in [1.54, 1.807) is 4.90 Å². The molecule has 8 heteroatoms. The van der Waals surface area contributed by atoms with E-state index in [9.17, 15) is 4.79 Å². The van der Waals surface area contributed by atoms with E-state index in [0.717, 1.165) is 49.2 Å². The highest BCUT2D eigenvalue weighted by molar-refractivity contribution is 14.0. The number of halogens is 1. The first kappa shape index (κ1) is 23.6. The first-order valence-electron chi connectivity index (χ1n) is 10.3. The maximum absolute atomic E-state index is 11.6. The minimum Gasteiger partial charge on any atom is -0.493 e. The van der Waals surface area contributed by atoms with Crippen molar-refractivity contribution in [1.29, 1.82) is 0 Å². The van der Waals surface area contributed by atoms with Gasteiger partial charge in [-0.05, 0) is 44.6 Å². The van der Waals surface area contributed by atoms with E-state index >= 15 is 0 Å². The smallest absolute Gasteiger partial charge is 0.409 e. The maximum Gasteiger partial charge on any atom is 0.409 e. The quantitative estimate of drug-likeness (QED) is 0.330. The second-order valence-corrected chi connectivity index (χ2v) is 7.43. The number of methoxy groups -OCH3 is 1. The summed E-state index contributed by atoms with van der Waals surface area (Å²) in [7, 11) is 1.43. The van der Waals surface area contributed by atoms with Crippen LogP contribution in [0.5, 0.6) is 5.75 Å². The molecule has 0 aromatic heterocycles. The number of rotatable bonds is 7. The molecule has 2 aliphatic rings. The molecule has 2 fully saturated rings. The Labute approximate surface area is 190 Å². The Morgan fingerprint density at radius 3 is 2.59 bits per heavy atom. The predicted octanol–water partition coefficient (Wildman–Crippen LogP) is 3.38. The van der Waals surface area contributed by atoms with Crippen LogP contribution in [-0.4, -0.2) is 56.3 Å². The van der Waals surface area contributed by atoms with Crippen molar-refractivity contribution in [2.45, 2.75) is 45.2 Å². The van der Waals surface area contributed by atoms with Gasteiger partial charge < -0.3 is 25.0 Å². The van der Waals surface area contributed by atoms with Gasteiger partial charge in [0.15, 0.2) is 5.96 Å². The first-order valence-corrected chi connectivity index (χ1v) is 10.3. The highest BCUT2D eigenvalue weighted by Crippen LogP contribution is 2.30. The molecule has 1 saturated carbocycles. The third-order valence-electron chi connectivity index (χ3n) is 5.16. The average Bonchev–Trinajstić information content (AvgIpc) is 3.56. The molecule has 0 spiro atoms. The number of guanidine groups is 1. The molecule has 0 atom stereocenters. The number of nitrogens with zero attached hydrogens (tertiary/aromatic N) is 2. The molecule has 29 heavy (non-hydrogen) atoms. The molecule has 1 amide bonds. The lowest BCUT2D eigenvalue weighted by Crippen LogP contribution is -2.49. The lowest BCUT2D eigenvalue weighted by molar-refractivity contribution is 0.111.